The Labute approximate surface area is 251 Å². The lowest BCUT2D eigenvalue weighted by molar-refractivity contribution is -0.128. The Morgan fingerprint density at radius 2 is 1.90 bits per heavy atom. The number of carbonyl (C=O) groups excluding carboxylic acids is 1. The van der Waals surface area contributed by atoms with Crippen molar-refractivity contribution in [2.45, 2.75) is 56.8 Å². The van der Waals surface area contributed by atoms with Crippen LogP contribution in [0.4, 0.5) is 8.78 Å². The Morgan fingerprint density at radius 1 is 1.12 bits per heavy atom. The number of piperazine rings is 1. The lowest BCUT2D eigenvalue weighted by Crippen LogP contribution is -2.60. The van der Waals surface area contributed by atoms with Crippen LogP contribution < -0.4 is 15.4 Å². The number of hydrogen-bond acceptors (Lipinski definition) is 6. The van der Waals surface area contributed by atoms with Crippen molar-refractivity contribution in [3.05, 3.63) is 85.3 Å². The largest absolute Gasteiger partial charge is 0.488 e. The number of aromatic nitrogens is 1. The summed E-state index contributed by atoms with van der Waals surface area (Å²) in [4.78, 5) is 21.1. The Balaban J connectivity index is 1.22. The maximum Gasteiger partial charge on any atom is 0.252 e. The van der Waals surface area contributed by atoms with Crippen LogP contribution in [-0.4, -0.2) is 53.6 Å². The van der Waals surface area contributed by atoms with E-state index < -0.39 is 11.6 Å². The molecule has 216 valence electrons. The highest BCUT2D eigenvalue weighted by atomic mass is 35.5. The minimum Gasteiger partial charge on any atom is -0.488 e. The lowest BCUT2D eigenvalue weighted by Gasteiger charge is -2.40. The number of nitrogens with zero attached hydrogens (tertiary/aromatic N) is 2. The summed E-state index contributed by atoms with van der Waals surface area (Å²) in [6.45, 7) is 2.06. The van der Waals surface area contributed by atoms with Crippen molar-refractivity contribution >= 4 is 46.0 Å². The van der Waals surface area contributed by atoms with Gasteiger partial charge >= 0.3 is 0 Å². The number of nitrogens with one attached hydrogen (secondary N) is 2. The molecule has 1 saturated carbocycles. The van der Waals surface area contributed by atoms with E-state index in [1.54, 1.807) is 6.07 Å². The SMILES string of the molecule is O=C(C1=C(c2nc(CCCOc3c(F)cccc3F)cs2)C[C@@H]2CNC[C@H]1N2)N(Cc1cccc(Cl)c1Cl)C1CC1. The molecule has 3 aliphatic rings. The van der Waals surface area contributed by atoms with E-state index in [0.717, 1.165) is 46.8 Å². The number of benzene rings is 2. The average molecular weight is 620 g/mol. The van der Waals surface area contributed by atoms with Gasteiger partial charge in [-0.05, 0) is 61.4 Å². The van der Waals surface area contributed by atoms with Crippen molar-refractivity contribution < 1.29 is 18.3 Å². The molecule has 1 amide bonds. The second kappa shape index (κ2) is 12.4. The number of thiazole rings is 1. The van der Waals surface area contributed by atoms with E-state index in [1.165, 1.54) is 29.5 Å². The fourth-order valence-corrected chi connectivity index (χ4v) is 6.84. The van der Waals surface area contributed by atoms with Gasteiger partial charge in [0.1, 0.15) is 5.01 Å². The molecule has 6 nitrogen and oxygen atoms in total. The van der Waals surface area contributed by atoms with Gasteiger partial charge in [-0.1, -0.05) is 41.4 Å². The van der Waals surface area contributed by atoms with Gasteiger partial charge in [0.2, 0.25) is 0 Å². The summed E-state index contributed by atoms with van der Waals surface area (Å²) >= 11 is 14.3. The molecular formula is C30H30Cl2F2N4O2S. The van der Waals surface area contributed by atoms with Crippen molar-refractivity contribution in [2.75, 3.05) is 19.7 Å². The summed E-state index contributed by atoms with van der Waals surface area (Å²) in [5, 5.41) is 10.9. The molecule has 3 aromatic rings. The summed E-state index contributed by atoms with van der Waals surface area (Å²) in [6.07, 6.45) is 3.77. The molecule has 0 unspecified atom stereocenters. The number of para-hydroxylation sites is 1. The Kier molecular flexibility index (Phi) is 8.60. The van der Waals surface area contributed by atoms with Gasteiger partial charge in [0.05, 0.1) is 28.4 Å². The molecule has 2 aromatic carbocycles. The van der Waals surface area contributed by atoms with Crippen molar-refractivity contribution in [3.8, 4) is 5.75 Å². The molecule has 1 saturated heterocycles. The highest BCUT2D eigenvalue weighted by molar-refractivity contribution is 7.10. The minimum atomic E-state index is -0.714. The van der Waals surface area contributed by atoms with E-state index in [0.29, 0.717) is 42.4 Å². The molecule has 11 heteroatoms. The van der Waals surface area contributed by atoms with E-state index in [9.17, 15) is 13.6 Å². The zero-order valence-corrected chi connectivity index (χ0v) is 24.6. The average Bonchev–Trinajstić information content (AvgIpc) is 3.69. The first kappa shape index (κ1) is 28.6. The monoisotopic (exact) mass is 618 g/mol. The van der Waals surface area contributed by atoms with Crippen LogP contribution in [0.1, 0.15) is 41.9 Å². The van der Waals surface area contributed by atoms with E-state index in [2.05, 4.69) is 10.6 Å². The number of fused-ring (bicyclic) bond motifs is 2. The van der Waals surface area contributed by atoms with Gasteiger partial charge in [-0.3, -0.25) is 4.79 Å². The number of hydrogen-bond donors (Lipinski definition) is 2. The topological polar surface area (TPSA) is 66.5 Å². The van der Waals surface area contributed by atoms with Crippen molar-refractivity contribution in [2.24, 2.45) is 0 Å². The van der Waals surface area contributed by atoms with Gasteiger partial charge in [0.25, 0.3) is 5.91 Å². The normalized spacial score (nSPS) is 20.3. The van der Waals surface area contributed by atoms with Crippen molar-refractivity contribution in [1.82, 2.24) is 20.5 Å². The quantitative estimate of drug-likeness (QED) is 0.272. The minimum absolute atomic E-state index is 0.00950. The predicted molar refractivity (Wildman–Crippen MR) is 157 cm³/mol. The van der Waals surface area contributed by atoms with Crippen LogP contribution in [0.15, 0.2) is 47.4 Å². The smallest absolute Gasteiger partial charge is 0.252 e. The Hall–Kier alpha value is -2.56. The van der Waals surface area contributed by atoms with E-state index >= 15 is 0 Å². The zero-order valence-electron chi connectivity index (χ0n) is 22.3. The van der Waals surface area contributed by atoms with Crippen LogP contribution >= 0.6 is 34.5 Å². The first-order valence-corrected chi connectivity index (χ1v) is 15.5. The summed E-state index contributed by atoms with van der Waals surface area (Å²) in [5.74, 6) is -1.77. The van der Waals surface area contributed by atoms with Crippen LogP contribution in [-0.2, 0) is 17.8 Å². The second-order valence-corrected chi connectivity index (χ2v) is 12.3. The van der Waals surface area contributed by atoms with Gasteiger partial charge in [0.15, 0.2) is 17.4 Å². The number of aryl methyl sites for hydroxylation is 1. The lowest BCUT2D eigenvalue weighted by atomic mass is 9.87. The van der Waals surface area contributed by atoms with Crippen LogP contribution in [0.3, 0.4) is 0 Å². The van der Waals surface area contributed by atoms with Crippen molar-refractivity contribution in [3.63, 3.8) is 0 Å². The molecule has 1 aromatic heterocycles. The number of halogens is 4. The summed E-state index contributed by atoms with van der Waals surface area (Å²) in [6, 6.07) is 9.46. The van der Waals surface area contributed by atoms with Gasteiger partial charge in [0, 0.05) is 42.7 Å². The van der Waals surface area contributed by atoms with Crippen LogP contribution in [0.25, 0.3) is 5.57 Å². The third-order valence-electron chi connectivity index (χ3n) is 7.70. The molecule has 2 N–H and O–H groups in total. The molecule has 2 aliphatic heterocycles. The van der Waals surface area contributed by atoms with Gasteiger partial charge in [-0.15, -0.1) is 11.3 Å². The maximum absolute atomic E-state index is 14.3. The molecule has 2 bridgehead atoms. The number of ether oxygens (including phenoxy) is 1. The molecule has 41 heavy (non-hydrogen) atoms. The van der Waals surface area contributed by atoms with Gasteiger partial charge < -0.3 is 20.3 Å². The molecule has 2 fully saturated rings. The third-order valence-corrected chi connectivity index (χ3v) is 9.51. The highest BCUT2D eigenvalue weighted by Crippen LogP contribution is 2.38. The molecule has 0 spiro atoms. The molecule has 3 heterocycles. The molecule has 6 rings (SSSR count). The number of rotatable bonds is 10. The summed E-state index contributed by atoms with van der Waals surface area (Å²) in [7, 11) is 0. The first-order chi connectivity index (χ1) is 19.9. The molecule has 1 aliphatic carbocycles. The fourth-order valence-electron chi connectivity index (χ4n) is 5.54. The standard InChI is InChI=1S/C30H30Cl2F2N4O2S/c31-22-6-1-4-17(27(22)32)15-38(20-9-10-20)30(39)26-21(12-19-13-35-14-25(26)36-19)29-37-18(16-41-29)5-3-11-40-28-23(33)7-2-8-24(28)34/h1-2,4,6-8,16,19-20,25,35-36H,3,5,9-15H2/t19-,25-/m1/s1. The maximum atomic E-state index is 14.3. The van der Waals surface area contributed by atoms with Crippen LogP contribution in [0, 0.1) is 11.6 Å². The second-order valence-electron chi connectivity index (χ2n) is 10.7. The Morgan fingerprint density at radius 3 is 2.68 bits per heavy atom. The van der Waals surface area contributed by atoms with Gasteiger partial charge in [-0.25, -0.2) is 13.8 Å². The number of amides is 1. The highest BCUT2D eigenvalue weighted by Gasteiger charge is 2.41. The van der Waals surface area contributed by atoms with Crippen LogP contribution in [0.2, 0.25) is 10.0 Å². The molecule has 0 radical (unpaired) electrons. The van der Waals surface area contributed by atoms with E-state index in [-0.39, 0.29) is 36.4 Å². The zero-order chi connectivity index (χ0) is 28.5. The summed E-state index contributed by atoms with van der Waals surface area (Å²) in [5.41, 5.74) is 3.46. The third kappa shape index (κ3) is 6.29. The van der Waals surface area contributed by atoms with E-state index in [1.807, 2.05) is 22.4 Å². The molecular weight excluding hydrogens is 589 g/mol. The first-order valence-electron chi connectivity index (χ1n) is 13.8. The molecule has 2 atom stereocenters. The summed E-state index contributed by atoms with van der Waals surface area (Å²) < 4.78 is 33.1. The van der Waals surface area contributed by atoms with Gasteiger partial charge in [-0.2, -0.15) is 0 Å². The predicted octanol–water partition coefficient (Wildman–Crippen LogP) is 6.02. The van der Waals surface area contributed by atoms with Crippen LogP contribution in [0.5, 0.6) is 5.75 Å². The fraction of sp³-hybridized carbons (Fsp3) is 0.400. The number of carbonyl (C=O) groups is 1. The van der Waals surface area contributed by atoms with E-state index in [4.69, 9.17) is 32.9 Å². The Bertz CT molecular complexity index is 1460. The van der Waals surface area contributed by atoms with Crippen molar-refractivity contribution in [1.29, 1.82) is 0 Å².